The van der Waals surface area contributed by atoms with E-state index < -0.39 is 11.8 Å². The Bertz CT molecular complexity index is 558. The van der Waals surface area contributed by atoms with Gasteiger partial charge in [0.05, 0.1) is 17.4 Å². The maximum absolute atomic E-state index is 13.3. The lowest BCUT2D eigenvalue weighted by Crippen LogP contribution is -1.99. The molecular weight excluding hydrogens is 223 g/mol. The molecule has 0 spiro atoms. The van der Waals surface area contributed by atoms with Gasteiger partial charge in [-0.3, -0.25) is 4.98 Å². The summed E-state index contributed by atoms with van der Waals surface area (Å²) < 4.78 is 13.3. The Morgan fingerprint density at radius 1 is 1.35 bits per heavy atom. The van der Waals surface area contributed by atoms with Gasteiger partial charge in [0, 0.05) is 11.9 Å². The Balaban J connectivity index is 2.28. The van der Waals surface area contributed by atoms with E-state index in [1.807, 2.05) is 0 Å². The second-order valence-electron chi connectivity index (χ2n) is 3.37. The predicted octanol–water partition coefficient (Wildman–Crippen LogP) is 2.66. The van der Waals surface area contributed by atoms with Gasteiger partial charge >= 0.3 is 5.97 Å². The van der Waals surface area contributed by atoms with Crippen LogP contribution in [-0.2, 0) is 0 Å². The van der Waals surface area contributed by atoms with E-state index in [0.29, 0.717) is 5.69 Å². The van der Waals surface area contributed by atoms with Crippen LogP contribution in [0.15, 0.2) is 42.7 Å². The first-order valence-corrected chi connectivity index (χ1v) is 4.87. The largest absolute Gasteiger partial charge is 0.478 e. The van der Waals surface area contributed by atoms with Gasteiger partial charge in [0.2, 0.25) is 0 Å². The maximum Gasteiger partial charge on any atom is 0.335 e. The number of carboxylic acids is 1. The highest BCUT2D eigenvalue weighted by Crippen LogP contribution is 2.19. The van der Waals surface area contributed by atoms with Crippen LogP contribution < -0.4 is 5.32 Å². The van der Waals surface area contributed by atoms with Crippen LogP contribution in [0.5, 0.6) is 0 Å². The van der Waals surface area contributed by atoms with E-state index in [1.54, 1.807) is 12.1 Å². The molecule has 0 radical (unpaired) electrons. The molecule has 4 nitrogen and oxygen atoms in total. The Morgan fingerprint density at radius 2 is 2.18 bits per heavy atom. The fraction of sp³-hybridized carbons (Fsp3) is 0. The third-order valence-electron chi connectivity index (χ3n) is 2.16. The molecule has 2 aromatic rings. The number of pyridine rings is 1. The van der Waals surface area contributed by atoms with Crippen molar-refractivity contribution < 1.29 is 14.3 Å². The maximum atomic E-state index is 13.3. The van der Waals surface area contributed by atoms with Crippen LogP contribution in [0.1, 0.15) is 10.4 Å². The summed E-state index contributed by atoms with van der Waals surface area (Å²) in [7, 11) is 0. The molecule has 0 saturated carbocycles. The zero-order valence-corrected chi connectivity index (χ0v) is 8.72. The van der Waals surface area contributed by atoms with Crippen LogP contribution >= 0.6 is 0 Å². The molecule has 0 fully saturated rings. The highest BCUT2D eigenvalue weighted by Gasteiger charge is 2.05. The average molecular weight is 232 g/mol. The van der Waals surface area contributed by atoms with E-state index in [9.17, 15) is 9.18 Å². The molecular formula is C12H9FN2O2. The predicted molar refractivity (Wildman–Crippen MR) is 60.9 cm³/mol. The summed E-state index contributed by atoms with van der Waals surface area (Å²) in [6.45, 7) is 0. The summed E-state index contributed by atoms with van der Waals surface area (Å²) in [6, 6.07) is 7.62. The summed E-state index contributed by atoms with van der Waals surface area (Å²) in [6.07, 6.45) is 2.54. The molecule has 1 aromatic heterocycles. The Morgan fingerprint density at radius 3 is 2.88 bits per heavy atom. The minimum absolute atomic E-state index is 0.143. The lowest BCUT2D eigenvalue weighted by Gasteiger charge is -2.07. The van der Waals surface area contributed by atoms with E-state index in [2.05, 4.69) is 10.3 Å². The van der Waals surface area contributed by atoms with Crippen LogP contribution in [0.3, 0.4) is 0 Å². The lowest BCUT2D eigenvalue weighted by atomic mass is 10.2. The highest BCUT2D eigenvalue weighted by atomic mass is 19.1. The van der Waals surface area contributed by atoms with Crippen molar-refractivity contribution in [3.05, 3.63) is 54.1 Å². The SMILES string of the molecule is O=C(O)c1cccc(Nc2ccncc2F)c1. The molecule has 0 bridgehead atoms. The second-order valence-corrected chi connectivity index (χ2v) is 3.37. The first-order chi connectivity index (χ1) is 8.16. The molecule has 0 saturated heterocycles. The smallest absolute Gasteiger partial charge is 0.335 e. The van der Waals surface area contributed by atoms with E-state index in [0.717, 1.165) is 6.20 Å². The molecule has 0 aliphatic carbocycles. The molecule has 0 aliphatic heterocycles. The van der Waals surface area contributed by atoms with Gasteiger partial charge in [-0.15, -0.1) is 0 Å². The summed E-state index contributed by atoms with van der Waals surface area (Å²) in [4.78, 5) is 14.4. The van der Waals surface area contributed by atoms with Crippen LogP contribution in [-0.4, -0.2) is 16.1 Å². The van der Waals surface area contributed by atoms with Gasteiger partial charge in [0.15, 0.2) is 5.82 Å². The zero-order chi connectivity index (χ0) is 12.3. The summed E-state index contributed by atoms with van der Waals surface area (Å²) in [5.41, 5.74) is 0.905. The quantitative estimate of drug-likeness (QED) is 0.853. The first kappa shape index (κ1) is 11.1. The molecule has 2 rings (SSSR count). The summed E-state index contributed by atoms with van der Waals surface area (Å²) in [5.74, 6) is -1.52. The number of aromatic carboxylic acids is 1. The van der Waals surface area contributed by atoms with E-state index in [1.165, 1.54) is 24.4 Å². The van der Waals surface area contributed by atoms with E-state index in [-0.39, 0.29) is 11.3 Å². The van der Waals surface area contributed by atoms with Crippen molar-refractivity contribution in [2.45, 2.75) is 0 Å². The molecule has 5 heteroatoms. The number of halogens is 1. The van der Waals surface area contributed by atoms with Crippen LogP contribution in [0.2, 0.25) is 0 Å². The fourth-order valence-corrected chi connectivity index (χ4v) is 1.36. The Hall–Kier alpha value is -2.43. The van der Waals surface area contributed by atoms with E-state index in [4.69, 9.17) is 5.11 Å². The number of rotatable bonds is 3. The highest BCUT2D eigenvalue weighted by molar-refractivity contribution is 5.89. The van der Waals surface area contributed by atoms with Crippen molar-refractivity contribution in [2.75, 3.05) is 5.32 Å². The van der Waals surface area contributed by atoms with Crippen molar-refractivity contribution in [1.29, 1.82) is 0 Å². The molecule has 2 N–H and O–H groups in total. The first-order valence-electron chi connectivity index (χ1n) is 4.87. The van der Waals surface area contributed by atoms with Crippen LogP contribution in [0.4, 0.5) is 15.8 Å². The molecule has 1 aromatic carbocycles. The molecule has 17 heavy (non-hydrogen) atoms. The Labute approximate surface area is 96.7 Å². The third kappa shape index (κ3) is 2.57. The third-order valence-corrected chi connectivity index (χ3v) is 2.16. The van der Waals surface area contributed by atoms with Gasteiger partial charge in [-0.1, -0.05) is 6.07 Å². The lowest BCUT2D eigenvalue weighted by molar-refractivity contribution is 0.0697. The summed E-state index contributed by atoms with van der Waals surface area (Å²) in [5, 5.41) is 11.6. The van der Waals surface area contributed by atoms with Gasteiger partial charge in [-0.25, -0.2) is 9.18 Å². The van der Waals surface area contributed by atoms with Crippen LogP contribution in [0.25, 0.3) is 0 Å². The van der Waals surface area contributed by atoms with Gasteiger partial charge in [-0.2, -0.15) is 0 Å². The number of anilines is 2. The van der Waals surface area contributed by atoms with Crippen LogP contribution in [0, 0.1) is 5.82 Å². The second kappa shape index (κ2) is 4.61. The molecule has 0 aliphatic rings. The van der Waals surface area contributed by atoms with Gasteiger partial charge in [0.1, 0.15) is 0 Å². The monoisotopic (exact) mass is 232 g/mol. The van der Waals surface area contributed by atoms with Crippen molar-refractivity contribution in [3.8, 4) is 0 Å². The molecule has 0 amide bonds. The normalized spacial score (nSPS) is 9.94. The minimum atomic E-state index is -1.02. The number of nitrogens with one attached hydrogen (secondary N) is 1. The van der Waals surface area contributed by atoms with Crippen molar-refractivity contribution >= 4 is 17.3 Å². The number of carboxylic acid groups (broad SMARTS) is 1. The average Bonchev–Trinajstić information content (AvgIpc) is 2.32. The van der Waals surface area contributed by atoms with Crippen molar-refractivity contribution in [2.24, 2.45) is 0 Å². The van der Waals surface area contributed by atoms with Gasteiger partial charge < -0.3 is 10.4 Å². The number of carbonyl (C=O) groups is 1. The number of nitrogens with zero attached hydrogens (tertiary/aromatic N) is 1. The number of hydrogen-bond acceptors (Lipinski definition) is 3. The molecule has 0 atom stereocenters. The number of hydrogen-bond donors (Lipinski definition) is 2. The fourth-order valence-electron chi connectivity index (χ4n) is 1.36. The molecule has 1 heterocycles. The van der Waals surface area contributed by atoms with Crippen molar-refractivity contribution in [3.63, 3.8) is 0 Å². The number of benzene rings is 1. The molecule has 86 valence electrons. The van der Waals surface area contributed by atoms with Gasteiger partial charge in [0.25, 0.3) is 0 Å². The van der Waals surface area contributed by atoms with Crippen molar-refractivity contribution in [1.82, 2.24) is 4.98 Å². The zero-order valence-electron chi connectivity index (χ0n) is 8.72. The standard InChI is InChI=1S/C12H9FN2O2/c13-10-7-14-5-4-11(10)15-9-3-1-2-8(6-9)12(16)17/h1-7H,(H,14,15)(H,16,17). The summed E-state index contributed by atoms with van der Waals surface area (Å²) >= 11 is 0. The molecule has 0 unspecified atom stereocenters. The van der Waals surface area contributed by atoms with E-state index >= 15 is 0 Å². The Kier molecular flexibility index (Phi) is 3.00. The minimum Gasteiger partial charge on any atom is -0.478 e. The topological polar surface area (TPSA) is 62.2 Å². The van der Waals surface area contributed by atoms with Gasteiger partial charge in [-0.05, 0) is 24.3 Å². The number of aromatic nitrogens is 1.